The van der Waals surface area contributed by atoms with Crippen LogP contribution in [0.25, 0.3) is 11.3 Å². The zero-order chi connectivity index (χ0) is 17.9. The van der Waals surface area contributed by atoms with Crippen LogP contribution in [-0.2, 0) is 4.74 Å². The number of ether oxygens (including phenoxy) is 1. The van der Waals surface area contributed by atoms with Crippen molar-refractivity contribution in [3.05, 3.63) is 69.3 Å². The summed E-state index contributed by atoms with van der Waals surface area (Å²) in [5.41, 5.74) is 4.42. The molecule has 3 aromatic rings. The molecule has 1 aromatic heterocycles. The first kappa shape index (κ1) is 20.1. The Morgan fingerprint density at radius 2 is 1.74 bits per heavy atom. The zero-order valence-electron chi connectivity index (χ0n) is 15.0. The summed E-state index contributed by atoms with van der Waals surface area (Å²) in [7, 11) is 0. The summed E-state index contributed by atoms with van der Waals surface area (Å²) in [4.78, 5) is 5.92. The van der Waals surface area contributed by atoms with E-state index in [1.165, 1.54) is 5.56 Å². The van der Waals surface area contributed by atoms with Crippen molar-refractivity contribution in [1.29, 1.82) is 0 Å². The lowest BCUT2D eigenvalue weighted by molar-refractivity contribution is 0.111. The Morgan fingerprint density at radius 3 is 2.44 bits per heavy atom. The SMILES string of the molecule is Br.Cc1ccccc1N=c1scc(-c2ccc(Cl)cc2)n1N1CCOCC1. The van der Waals surface area contributed by atoms with Crippen LogP contribution in [0.1, 0.15) is 5.56 Å². The van der Waals surface area contributed by atoms with Gasteiger partial charge in [-0.2, -0.15) is 0 Å². The molecule has 0 amide bonds. The third-order valence-electron chi connectivity index (χ3n) is 4.43. The number of aryl methyl sites for hydroxylation is 1. The summed E-state index contributed by atoms with van der Waals surface area (Å²) in [6, 6.07) is 16.2. The van der Waals surface area contributed by atoms with Crippen LogP contribution in [0, 0.1) is 6.92 Å². The van der Waals surface area contributed by atoms with Crippen LogP contribution in [0.3, 0.4) is 0 Å². The van der Waals surface area contributed by atoms with Crippen molar-refractivity contribution in [2.45, 2.75) is 6.92 Å². The van der Waals surface area contributed by atoms with Crippen LogP contribution in [-0.4, -0.2) is 31.0 Å². The van der Waals surface area contributed by atoms with E-state index in [9.17, 15) is 0 Å². The lowest BCUT2D eigenvalue weighted by Crippen LogP contribution is -2.48. The van der Waals surface area contributed by atoms with Gasteiger partial charge < -0.3 is 9.75 Å². The molecule has 142 valence electrons. The van der Waals surface area contributed by atoms with Crippen LogP contribution in [0.5, 0.6) is 0 Å². The molecule has 0 atom stereocenters. The van der Waals surface area contributed by atoms with Crippen molar-refractivity contribution in [2.75, 3.05) is 31.3 Å². The first-order valence-corrected chi connectivity index (χ1v) is 9.88. The Hall–Kier alpha value is -1.60. The highest BCUT2D eigenvalue weighted by molar-refractivity contribution is 8.93. The molecule has 0 aliphatic carbocycles. The van der Waals surface area contributed by atoms with E-state index < -0.39 is 0 Å². The average Bonchev–Trinajstić information content (AvgIpc) is 3.08. The number of hydrogen-bond acceptors (Lipinski definition) is 4. The summed E-state index contributed by atoms with van der Waals surface area (Å²) < 4.78 is 7.76. The van der Waals surface area contributed by atoms with Gasteiger partial charge in [-0.3, -0.25) is 0 Å². The first-order chi connectivity index (χ1) is 12.7. The van der Waals surface area contributed by atoms with Gasteiger partial charge in [0.15, 0.2) is 0 Å². The first-order valence-electron chi connectivity index (χ1n) is 8.62. The van der Waals surface area contributed by atoms with Crippen molar-refractivity contribution in [3.63, 3.8) is 0 Å². The van der Waals surface area contributed by atoms with Gasteiger partial charge in [-0.25, -0.2) is 9.67 Å². The highest BCUT2D eigenvalue weighted by Crippen LogP contribution is 2.24. The van der Waals surface area contributed by atoms with E-state index in [0.717, 1.165) is 53.1 Å². The molecule has 1 fully saturated rings. The largest absolute Gasteiger partial charge is 0.378 e. The molecule has 0 N–H and O–H groups in total. The molecule has 1 aliphatic heterocycles. The molecule has 1 aliphatic rings. The maximum atomic E-state index is 6.07. The van der Waals surface area contributed by atoms with E-state index in [1.54, 1.807) is 11.3 Å². The predicted octanol–water partition coefficient (Wildman–Crippen LogP) is 4.96. The van der Waals surface area contributed by atoms with Crippen molar-refractivity contribution >= 4 is 45.6 Å². The highest BCUT2D eigenvalue weighted by atomic mass is 79.9. The fourth-order valence-corrected chi connectivity index (χ4v) is 4.06. The van der Waals surface area contributed by atoms with Crippen LogP contribution < -0.4 is 9.81 Å². The molecular weight excluding hydrogens is 446 g/mol. The molecule has 4 rings (SSSR count). The third kappa shape index (κ3) is 4.46. The fraction of sp³-hybridized carbons (Fsp3) is 0.250. The summed E-state index contributed by atoms with van der Waals surface area (Å²) in [6.07, 6.45) is 0. The van der Waals surface area contributed by atoms with E-state index in [1.807, 2.05) is 24.3 Å². The molecular formula is C20H21BrClN3OS. The van der Waals surface area contributed by atoms with E-state index in [2.05, 4.69) is 46.3 Å². The molecule has 4 nitrogen and oxygen atoms in total. The Balaban J connectivity index is 0.00000210. The van der Waals surface area contributed by atoms with Crippen LogP contribution in [0.2, 0.25) is 5.02 Å². The summed E-state index contributed by atoms with van der Waals surface area (Å²) in [5, 5.41) is 5.21. The second kappa shape index (κ2) is 9.06. The van der Waals surface area contributed by atoms with E-state index >= 15 is 0 Å². The molecule has 1 saturated heterocycles. The molecule has 0 saturated carbocycles. The van der Waals surface area contributed by atoms with Crippen LogP contribution in [0.15, 0.2) is 58.9 Å². The standard InChI is InChI=1S/C20H20ClN3OS.BrH/c1-15-4-2-3-5-18(15)22-20-24(23-10-12-25-13-11-23)19(14-26-20)16-6-8-17(21)9-7-16;/h2-9,14H,10-13H2,1H3;1H. The molecule has 2 heterocycles. The van der Waals surface area contributed by atoms with Gasteiger partial charge in [-0.1, -0.05) is 41.9 Å². The molecule has 2 aromatic carbocycles. The Kier molecular flexibility index (Phi) is 6.76. The number of nitrogens with zero attached hydrogens (tertiary/aromatic N) is 3. The van der Waals surface area contributed by atoms with Gasteiger partial charge in [0, 0.05) is 16.0 Å². The number of para-hydroxylation sites is 1. The minimum Gasteiger partial charge on any atom is -0.378 e. The number of aromatic nitrogens is 1. The maximum Gasteiger partial charge on any atom is 0.209 e. The third-order valence-corrected chi connectivity index (χ3v) is 5.50. The average molecular weight is 467 g/mol. The van der Waals surface area contributed by atoms with E-state index in [0.29, 0.717) is 0 Å². The predicted molar refractivity (Wildman–Crippen MR) is 118 cm³/mol. The lowest BCUT2D eigenvalue weighted by Gasteiger charge is -2.31. The number of morpholine rings is 1. The molecule has 0 radical (unpaired) electrons. The number of hydrogen-bond donors (Lipinski definition) is 0. The second-order valence-electron chi connectivity index (χ2n) is 6.19. The second-order valence-corrected chi connectivity index (χ2v) is 7.46. The van der Waals surface area contributed by atoms with E-state index in [4.69, 9.17) is 21.3 Å². The van der Waals surface area contributed by atoms with Gasteiger partial charge in [0.05, 0.1) is 37.7 Å². The van der Waals surface area contributed by atoms with Crippen LogP contribution in [0.4, 0.5) is 5.69 Å². The quantitative estimate of drug-likeness (QED) is 0.546. The minimum atomic E-state index is 0. The van der Waals surface area contributed by atoms with Gasteiger partial charge in [0.25, 0.3) is 0 Å². The Bertz CT molecular complexity index is 962. The molecule has 27 heavy (non-hydrogen) atoms. The topological polar surface area (TPSA) is 29.8 Å². The monoisotopic (exact) mass is 465 g/mol. The normalized spacial score (nSPS) is 14.9. The minimum absolute atomic E-state index is 0. The molecule has 7 heteroatoms. The van der Waals surface area contributed by atoms with Gasteiger partial charge in [-0.15, -0.1) is 28.3 Å². The number of rotatable bonds is 3. The summed E-state index contributed by atoms with van der Waals surface area (Å²) in [5.74, 6) is 0. The van der Waals surface area contributed by atoms with Crippen molar-refractivity contribution < 1.29 is 4.74 Å². The summed E-state index contributed by atoms with van der Waals surface area (Å²) >= 11 is 7.72. The molecule has 0 spiro atoms. The highest BCUT2D eigenvalue weighted by Gasteiger charge is 2.17. The van der Waals surface area contributed by atoms with Gasteiger partial charge in [-0.05, 0) is 30.7 Å². The van der Waals surface area contributed by atoms with E-state index in [-0.39, 0.29) is 17.0 Å². The van der Waals surface area contributed by atoms with Crippen molar-refractivity contribution in [1.82, 2.24) is 4.68 Å². The maximum absolute atomic E-state index is 6.07. The van der Waals surface area contributed by atoms with Gasteiger partial charge in [0.2, 0.25) is 4.80 Å². The fourth-order valence-electron chi connectivity index (χ4n) is 3.02. The molecule has 0 bridgehead atoms. The number of halogens is 2. The lowest BCUT2D eigenvalue weighted by atomic mass is 10.2. The summed E-state index contributed by atoms with van der Waals surface area (Å²) in [6.45, 7) is 5.24. The zero-order valence-corrected chi connectivity index (χ0v) is 18.3. The number of thiazole rings is 1. The molecule has 0 unspecified atom stereocenters. The Morgan fingerprint density at radius 1 is 1.04 bits per heavy atom. The van der Waals surface area contributed by atoms with Crippen LogP contribution >= 0.6 is 39.9 Å². The van der Waals surface area contributed by atoms with Gasteiger partial charge in [0.1, 0.15) is 0 Å². The number of benzene rings is 2. The Labute approximate surface area is 178 Å². The van der Waals surface area contributed by atoms with Crippen molar-refractivity contribution in [3.8, 4) is 11.3 Å². The van der Waals surface area contributed by atoms with Gasteiger partial charge >= 0.3 is 0 Å². The van der Waals surface area contributed by atoms with Crippen molar-refractivity contribution in [2.24, 2.45) is 4.99 Å². The smallest absolute Gasteiger partial charge is 0.209 e.